The number of rotatable bonds is 7. The molecule has 0 heterocycles. The highest BCUT2D eigenvalue weighted by Gasteiger charge is 2.02. The highest BCUT2D eigenvalue weighted by Crippen LogP contribution is 2.12. The molecule has 1 aromatic rings. The summed E-state index contributed by atoms with van der Waals surface area (Å²) in [5.41, 5.74) is 0. The minimum absolute atomic E-state index is 0.297. The van der Waals surface area contributed by atoms with Crippen LogP contribution in [0.15, 0.2) is 30.3 Å². The first kappa shape index (κ1) is 12.1. The van der Waals surface area contributed by atoms with Crippen LogP contribution in [0, 0.1) is 0 Å². The van der Waals surface area contributed by atoms with Crippen molar-refractivity contribution in [2.75, 3.05) is 13.1 Å². The van der Waals surface area contributed by atoms with Gasteiger partial charge in [0.2, 0.25) is 0 Å². The molecule has 0 fully saturated rings. The molecule has 2 heteroatoms. The summed E-state index contributed by atoms with van der Waals surface area (Å²) in [6.45, 7) is 6.38. The van der Waals surface area contributed by atoms with E-state index in [0.29, 0.717) is 6.10 Å². The summed E-state index contributed by atoms with van der Waals surface area (Å²) in [6.07, 6.45) is 2.56. The van der Waals surface area contributed by atoms with Crippen LogP contribution in [0.4, 0.5) is 0 Å². The van der Waals surface area contributed by atoms with Crippen LogP contribution in [0.5, 0.6) is 5.75 Å². The van der Waals surface area contributed by atoms with Crippen LogP contribution < -0.4 is 10.1 Å². The van der Waals surface area contributed by atoms with Gasteiger partial charge in [-0.25, -0.2) is 0 Å². The van der Waals surface area contributed by atoms with Gasteiger partial charge in [-0.2, -0.15) is 0 Å². The van der Waals surface area contributed by atoms with E-state index in [0.717, 1.165) is 25.3 Å². The van der Waals surface area contributed by atoms with Gasteiger partial charge in [0.25, 0.3) is 0 Å². The van der Waals surface area contributed by atoms with Crippen molar-refractivity contribution in [1.29, 1.82) is 0 Å². The topological polar surface area (TPSA) is 21.3 Å². The third-order valence-electron chi connectivity index (χ3n) is 2.29. The van der Waals surface area contributed by atoms with Crippen molar-refractivity contribution in [1.82, 2.24) is 5.32 Å². The Labute approximate surface area is 92.6 Å². The maximum absolute atomic E-state index is 5.77. The van der Waals surface area contributed by atoms with Crippen molar-refractivity contribution in [2.45, 2.75) is 32.8 Å². The van der Waals surface area contributed by atoms with Crippen molar-refractivity contribution >= 4 is 0 Å². The third-order valence-corrected chi connectivity index (χ3v) is 2.29. The van der Waals surface area contributed by atoms with E-state index >= 15 is 0 Å². The summed E-state index contributed by atoms with van der Waals surface area (Å²) in [7, 11) is 0. The lowest BCUT2D eigenvalue weighted by Crippen LogP contribution is -2.18. The molecule has 1 unspecified atom stereocenters. The summed E-state index contributed by atoms with van der Waals surface area (Å²) in [5.74, 6) is 0.966. The Kier molecular flexibility index (Phi) is 5.86. The van der Waals surface area contributed by atoms with Gasteiger partial charge in [-0.15, -0.1) is 0 Å². The molecule has 2 nitrogen and oxygen atoms in total. The largest absolute Gasteiger partial charge is 0.491 e. The molecule has 0 aliphatic heterocycles. The smallest absolute Gasteiger partial charge is 0.119 e. The van der Waals surface area contributed by atoms with Crippen LogP contribution in [0.3, 0.4) is 0 Å². The van der Waals surface area contributed by atoms with Crippen LogP contribution in [0.2, 0.25) is 0 Å². The standard InChI is InChI=1S/C13H21NO/c1-3-14-11-7-8-12(2)15-13-9-5-4-6-10-13/h4-6,9-10,12,14H,3,7-8,11H2,1-2H3. The van der Waals surface area contributed by atoms with E-state index in [1.54, 1.807) is 0 Å². The van der Waals surface area contributed by atoms with Crippen molar-refractivity contribution in [3.63, 3.8) is 0 Å². The van der Waals surface area contributed by atoms with Crippen molar-refractivity contribution < 1.29 is 4.74 Å². The number of benzene rings is 1. The Hall–Kier alpha value is -1.02. The molecule has 0 aliphatic rings. The van der Waals surface area contributed by atoms with Crippen LogP contribution in [0.25, 0.3) is 0 Å². The van der Waals surface area contributed by atoms with E-state index in [4.69, 9.17) is 4.74 Å². The fraction of sp³-hybridized carbons (Fsp3) is 0.538. The number of para-hydroxylation sites is 1. The molecule has 0 saturated carbocycles. The quantitative estimate of drug-likeness (QED) is 0.694. The molecule has 0 aliphatic carbocycles. The first-order valence-electron chi connectivity index (χ1n) is 5.75. The minimum Gasteiger partial charge on any atom is -0.491 e. The predicted molar refractivity (Wildman–Crippen MR) is 64.3 cm³/mol. The van der Waals surface area contributed by atoms with Gasteiger partial charge >= 0.3 is 0 Å². The molecule has 84 valence electrons. The van der Waals surface area contributed by atoms with E-state index in [1.165, 1.54) is 6.42 Å². The van der Waals surface area contributed by atoms with Crippen molar-refractivity contribution in [3.8, 4) is 5.75 Å². The lowest BCUT2D eigenvalue weighted by molar-refractivity contribution is 0.207. The number of hydrogen-bond acceptors (Lipinski definition) is 2. The molecule has 0 saturated heterocycles. The molecule has 0 spiro atoms. The highest BCUT2D eigenvalue weighted by atomic mass is 16.5. The number of ether oxygens (including phenoxy) is 1. The van der Waals surface area contributed by atoms with Gasteiger partial charge in [-0.1, -0.05) is 25.1 Å². The lowest BCUT2D eigenvalue weighted by Gasteiger charge is -2.14. The molecule has 0 bridgehead atoms. The zero-order valence-corrected chi connectivity index (χ0v) is 9.70. The lowest BCUT2D eigenvalue weighted by atomic mass is 10.2. The van der Waals surface area contributed by atoms with Gasteiger partial charge in [-0.05, 0) is 45.0 Å². The van der Waals surface area contributed by atoms with E-state index in [-0.39, 0.29) is 0 Å². The fourth-order valence-electron chi connectivity index (χ4n) is 1.48. The molecule has 1 atom stereocenters. The molecule has 0 amide bonds. The minimum atomic E-state index is 0.297. The molecular formula is C13H21NO. The number of hydrogen-bond donors (Lipinski definition) is 1. The Morgan fingerprint density at radius 2 is 2.00 bits per heavy atom. The predicted octanol–water partition coefficient (Wildman–Crippen LogP) is 2.84. The van der Waals surface area contributed by atoms with E-state index in [1.807, 2.05) is 30.3 Å². The van der Waals surface area contributed by atoms with E-state index in [9.17, 15) is 0 Å². The van der Waals surface area contributed by atoms with Gasteiger partial charge in [0.05, 0.1) is 6.10 Å². The zero-order chi connectivity index (χ0) is 10.9. The average molecular weight is 207 g/mol. The summed E-state index contributed by atoms with van der Waals surface area (Å²) in [5, 5.41) is 3.31. The van der Waals surface area contributed by atoms with Gasteiger partial charge in [0.15, 0.2) is 0 Å². The molecule has 15 heavy (non-hydrogen) atoms. The maximum Gasteiger partial charge on any atom is 0.119 e. The Morgan fingerprint density at radius 3 is 2.67 bits per heavy atom. The van der Waals surface area contributed by atoms with Crippen molar-refractivity contribution in [2.24, 2.45) is 0 Å². The second-order valence-electron chi connectivity index (χ2n) is 3.74. The van der Waals surface area contributed by atoms with Crippen LogP contribution in [0.1, 0.15) is 26.7 Å². The average Bonchev–Trinajstić information content (AvgIpc) is 2.26. The summed E-state index contributed by atoms with van der Waals surface area (Å²) in [6, 6.07) is 10.0. The second-order valence-corrected chi connectivity index (χ2v) is 3.74. The molecule has 0 aromatic heterocycles. The summed E-state index contributed by atoms with van der Waals surface area (Å²) >= 11 is 0. The summed E-state index contributed by atoms with van der Waals surface area (Å²) in [4.78, 5) is 0. The van der Waals surface area contributed by atoms with Gasteiger partial charge in [-0.3, -0.25) is 0 Å². The van der Waals surface area contributed by atoms with Crippen molar-refractivity contribution in [3.05, 3.63) is 30.3 Å². The maximum atomic E-state index is 5.77. The van der Waals surface area contributed by atoms with Crippen LogP contribution in [-0.2, 0) is 0 Å². The molecule has 1 aromatic carbocycles. The Bertz CT molecular complexity index is 248. The highest BCUT2D eigenvalue weighted by molar-refractivity contribution is 5.21. The van der Waals surface area contributed by atoms with Crippen LogP contribution >= 0.6 is 0 Å². The first-order valence-corrected chi connectivity index (χ1v) is 5.75. The SMILES string of the molecule is CCNCCCC(C)Oc1ccccc1. The zero-order valence-electron chi connectivity index (χ0n) is 9.70. The van der Waals surface area contributed by atoms with E-state index < -0.39 is 0 Å². The van der Waals surface area contributed by atoms with Gasteiger partial charge in [0, 0.05) is 0 Å². The van der Waals surface area contributed by atoms with E-state index in [2.05, 4.69) is 19.2 Å². The Balaban J connectivity index is 2.16. The molecule has 1 N–H and O–H groups in total. The van der Waals surface area contributed by atoms with Gasteiger partial charge < -0.3 is 10.1 Å². The van der Waals surface area contributed by atoms with Crippen LogP contribution in [-0.4, -0.2) is 19.2 Å². The monoisotopic (exact) mass is 207 g/mol. The molecule has 1 rings (SSSR count). The number of nitrogens with one attached hydrogen (secondary N) is 1. The summed E-state index contributed by atoms with van der Waals surface area (Å²) < 4.78 is 5.77. The molecular weight excluding hydrogens is 186 g/mol. The Morgan fingerprint density at radius 1 is 1.27 bits per heavy atom. The fourth-order valence-corrected chi connectivity index (χ4v) is 1.48. The van der Waals surface area contributed by atoms with Gasteiger partial charge in [0.1, 0.15) is 5.75 Å². The molecule has 0 radical (unpaired) electrons. The normalized spacial score (nSPS) is 12.4. The second kappa shape index (κ2) is 7.30. The third kappa shape index (κ3) is 5.43. The first-order chi connectivity index (χ1) is 7.33.